The molecule has 35 heavy (non-hydrogen) atoms. The normalized spacial score (nSPS) is 13.6. The van der Waals surface area contributed by atoms with Crippen LogP contribution in [0.5, 0.6) is 0 Å². The summed E-state index contributed by atoms with van der Waals surface area (Å²) in [7, 11) is 1.37. The van der Waals surface area contributed by atoms with Gasteiger partial charge >= 0.3 is 5.97 Å². The van der Waals surface area contributed by atoms with Gasteiger partial charge in [-0.25, -0.2) is 4.39 Å². The zero-order valence-electron chi connectivity index (χ0n) is 19.2. The number of carbonyl (C=O) groups is 2. The molecule has 0 aliphatic heterocycles. The number of aliphatic hydroxyl groups excluding tert-OH is 1. The Bertz CT molecular complexity index is 1190. The standard InChI is InChI=1S/C24H26ClFN4O5/c1-24(9-10-31,23(33)34)13-18(27-22(32)21-14-30(35-2)29-28-21)11-15-3-5-16(6-4-15)19-12-17(25)7-8-20(19)26/h3-8,12,14,18,31H,9-11,13H2,1-2H3,(H,27,32)(H,33,34)/t18-,24-/m1/s1. The second-order valence-electron chi connectivity index (χ2n) is 8.43. The van der Waals surface area contributed by atoms with Crippen LogP contribution in [0, 0.1) is 11.2 Å². The van der Waals surface area contributed by atoms with Crippen LogP contribution in [-0.2, 0) is 11.2 Å². The topological polar surface area (TPSA) is 127 Å². The van der Waals surface area contributed by atoms with Crippen LogP contribution in [0.2, 0.25) is 5.02 Å². The predicted molar refractivity (Wildman–Crippen MR) is 126 cm³/mol. The summed E-state index contributed by atoms with van der Waals surface area (Å²) >= 11 is 6.00. The maximum Gasteiger partial charge on any atom is 0.309 e. The van der Waals surface area contributed by atoms with Crippen molar-refractivity contribution in [3.05, 3.63) is 70.8 Å². The van der Waals surface area contributed by atoms with Crippen LogP contribution in [0.15, 0.2) is 48.7 Å². The zero-order chi connectivity index (χ0) is 25.6. The summed E-state index contributed by atoms with van der Waals surface area (Å²) in [5.74, 6) is -2.03. The fourth-order valence-corrected chi connectivity index (χ4v) is 3.96. The Morgan fingerprint density at radius 1 is 1.26 bits per heavy atom. The molecule has 0 aliphatic rings. The van der Waals surface area contributed by atoms with E-state index in [1.54, 1.807) is 24.3 Å². The highest BCUT2D eigenvalue weighted by Gasteiger charge is 2.36. The van der Waals surface area contributed by atoms with E-state index in [4.69, 9.17) is 16.4 Å². The van der Waals surface area contributed by atoms with Crippen LogP contribution in [0.4, 0.5) is 4.39 Å². The minimum Gasteiger partial charge on any atom is -0.481 e. The molecule has 1 heterocycles. The smallest absolute Gasteiger partial charge is 0.309 e. The second-order valence-corrected chi connectivity index (χ2v) is 8.86. The first-order valence-electron chi connectivity index (χ1n) is 10.8. The molecule has 0 spiro atoms. The molecule has 0 saturated carbocycles. The molecule has 3 aromatic rings. The molecule has 0 bridgehead atoms. The van der Waals surface area contributed by atoms with Gasteiger partial charge in [0.25, 0.3) is 5.91 Å². The lowest BCUT2D eigenvalue weighted by Crippen LogP contribution is -2.43. The number of nitrogens with zero attached hydrogens (tertiary/aromatic N) is 3. The van der Waals surface area contributed by atoms with Gasteiger partial charge in [-0.1, -0.05) is 40.7 Å². The third kappa shape index (κ3) is 6.55. The van der Waals surface area contributed by atoms with E-state index >= 15 is 0 Å². The lowest BCUT2D eigenvalue weighted by atomic mass is 9.79. The van der Waals surface area contributed by atoms with E-state index in [2.05, 4.69) is 15.6 Å². The van der Waals surface area contributed by atoms with E-state index in [0.29, 0.717) is 16.1 Å². The number of benzene rings is 2. The maximum absolute atomic E-state index is 14.2. The monoisotopic (exact) mass is 504 g/mol. The molecule has 3 rings (SSSR count). The van der Waals surface area contributed by atoms with Gasteiger partial charge in [0, 0.05) is 23.2 Å². The van der Waals surface area contributed by atoms with E-state index in [1.807, 2.05) is 0 Å². The van der Waals surface area contributed by atoms with Crippen LogP contribution in [0.25, 0.3) is 11.1 Å². The van der Waals surface area contributed by atoms with Crippen LogP contribution in [0.1, 0.15) is 35.8 Å². The number of amides is 1. The summed E-state index contributed by atoms with van der Waals surface area (Å²) < 4.78 is 14.2. The van der Waals surface area contributed by atoms with Gasteiger partial charge in [0.1, 0.15) is 19.1 Å². The van der Waals surface area contributed by atoms with E-state index in [0.717, 1.165) is 10.4 Å². The Labute approximate surface area is 206 Å². The quantitative estimate of drug-likeness (QED) is 0.366. The van der Waals surface area contributed by atoms with E-state index in [-0.39, 0.29) is 31.6 Å². The van der Waals surface area contributed by atoms with Crippen molar-refractivity contribution in [3.63, 3.8) is 0 Å². The first-order chi connectivity index (χ1) is 16.6. The average Bonchev–Trinajstić information content (AvgIpc) is 3.31. The lowest BCUT2D eigenvalue weighted by Gasteiger charge is -2.29. The number of aromatic nitrogens is 3. The molecule has 0 unspecified atom stereocenters. The number of nitrogens with one attached hydrogen (secondary N) is 1. The molecule has 3 N–H and O–H groups in total. The Morgan fingerprint density at radius 2 is 1.97 bits per heavy atom. The van der Waals surface area contributed by atoms with Crippen molar-refractivity contribution >= 4 is 23.5 Å². The molecule has 0 aliphatic carbocycles. The van der Waals surface area contributed by atoms with Crippen molar-refractivity contribution in [2.45, 2.75) is 32.2 Å². The highest BCUT2D eigenvalue weighted by molar-refractivity contribution is 6.30. The molecule has 11 heteroatoms. The number of carboxylic acid groups (broad SMARTS) is 1. The van der Waals surface area contributed by atoms with Gasteiger partial charge in [0.15, 0.2) is 5.69 Å². The van der Waals surface area contributed by atoms with E-state index in [9.17, 15) is 24.2 Å². The van der Waals surface area contributed by atoms with Crippen molar-refractivity contribution < 1.29 is 29.0 Å². The Kier molecular flexibility index (Phi) is 8.42. The van der Waals surface area contributed by atoms with Crippen molar-refractivity contribution in [2.75, 3.05) is 13.7 Å². The van der Waals surface area contributed by atoms with Crippen molar-refractivity contribution in [1.82, 2.24) is 20.5 Å². The molecule has 1 amide bonds. The van der Waals surface area contributed by atoms with Gasteiger partial charge in [0.2, 0.25) is 0 Å². The average molecular weight is 505 g/mol. The van der Waals surface area contributed by atoms with Crippen LogP contribution < -0.4 is 10.2 Å². The highest BCUT2D eigenvalue weighted by atomic mass is 35.5. The van der Waals surface area contributed by atoms with E-state index in [1.165, 1.54) is 38.4 Å². The first kappa shape index (κ1) is 26.1. The summed E-state index contributed by atoms with van der Waals surface area (Å²) in [5, 5.41) is 29.8. The molecular formula is C24H26ClFN4O5. The third-order valence-corrected chi connectivity index (χ3v) is 6.02. The molecule has 9 nitrogen and oxygen atoms in total. The summed E-state index contributed by atoms with van der Waals surface area (Å²) in [6.07, 6.45) is 1.65. The number of carboxylic acids is 1. The number of halogens is 2. The van der Waals surface area contributed by atoms with Crippen LogP contribution in [-0.4, -0.2) is 57.0 Å². The number of carbonyl (C=O) groups excluding carboxylic acids is 1. The molecule has 2 atom stereocenters. The molecule has 186 valence electrons. The number of rotatable bonds is 11. The number of hydrogen-bond donors (Lipinski definition) is 3. The van der Waals surface area contributed by atoms with Crippen molar-refractivity contribution in [1.29, 1.82) is 0 Å². The largest absolute Gasteiger partial charge is 0.481 e. The number of aliphatic carboxylic acids is 1. The highest BCUT2D eigenvalue weighted by Crippen LogP contribution is 2.30. The van der Waals surface area contributed by atoms with Crippen molar-refractivity contribution in [3.8, 4) is 11.1 Å². The summed E-state index contributed by atoms with van der Waals surface area (Å²) in [5.41, 5.74) is 0.500. The minimum absolute atomic E-state index is 0.00261. The number of aliphatic hydroxyl groups is 1. The Balaban J connectivity index is 1.84. The molecule has 2 aromatic carbocycles. The maximum atomic E-state index is 14.2. The third-order valence-electron chi connectivity index (χ3n) is 5.78. The SMILES string of the molecule is COn1cc(C(=O)N[C@H](Cc2ccc(-c3cc(Cl)ccc3F)cc2)C[C@@](C)(CCO)C(=O)O)nn1. The first-order valence-corrected chi connectivity index (χ1v) is 11.2. The lowest BCUT2D eigenvalue weighted by molar-refractivity contribution is -0.149. The van der Waals surface area contributed by atoms with Gasteiger partial charge in [0.05, 0.1) is 5.41 Å². The summed E-state index contributed by atoms with van der Waals surface area (Å²) in [6, 6.07) is 10.7. The Morgan fingerprint density at radius 3 is 2.57 bits per heavy atom. The van der Waals surface area contributed by atoms with Gasteiger partial charge < -0.3 is 20.4 Å². The van der Waals surface area contributed by atoms with Gasteiger partial charge in [-0.15, -0.1) is 5.10 Å². The number of hydrogen-bond acceptors (Lipinski definition) is 6. The van der Waals surface area contributed by atoms with Crippen molar-refractivity contribution in [2.24, 2.45) is 5.41 Å². The van der Waals surface area contributed by atoms with Gasteiger partial charge in [-0.2, -0.15) is 0 Å². The minimum atomic E-state index is -1.28. The molecule has 0 saturated heterocycles. The summed E-state index contributed by atoms with van der Waals surface area (Å²) in [4.78, 5) is 30.6. The van der Waals surface area contributed by atoms with Crippen LogP contribution in [0.3, 0.4) is 0 Å². The Hall–Kier alpha value is -3.50. The molecular weight excluding hydrogens is 479 g/mol. The second kappa shape index (κ2) is 11.3. The van der Waals surface area contributed by atoms with Crippen LogP contribution >= 0.6 is 11.6 Å². The fourth-order valence-electron chi connectivity index (χ4n) is 3.79. The van der Waals surface area contributed by atoms with E-state index < -0.39 is 29.2 Å². The van der Waals surface area contributed by atoms with Gasteiger partial charge in [-0.3, -0.25) is 9.59 Å². The molecule has 0 radical (unpaired) electrons. The molecule has 0 fully saturated rings. The molecule has 1 aromatic heterocycles. The predicted octanol–water partition coefficient (Wildman–Crippen LogP) is 3.00. The fraction of sp³-hybridized carbons (Fsp3) is 0.333. The summed E-state index contributed by atoms with van der Waals surface area (Å²) in [6.45, 7) is 1.21. The van der Waals surface area contributed by atoms with Gasteiger partial charge in [-0.05, 0) is 60.7 Å². The zero-order valence-corrected chi connectivity index (χ0v) is 20.0.